The lowest BCUT2D eigenvalue weighted by Gasteiger charge is -2.06. The van der Waals surface area contributed by atoms with Crippen molar-refractivity contribution in [3.8, 4) is 5.69 Å². The van der Waals surface area contributed by atoms with Crippen LogP contribution in [0.3, 0.4) is 0 Å². The zero-order chi connectivity index (χ0) is 14.1. The summed E-state index contributed by atoms with van der Waals surface area (Å²) in [5.41, 5.74) is 3.44. The Balaban J connectivity index is 2.01. The number of para-hydroxylation sites is 1. The molecule has 0 atom stereocenters. The molecule has 1 heterocycles. The molecule has 0 aliphatic heterocycles. The largest absolute Gasteiger partial charge is 0.294 e. The molecule has 0 spiro atoms. The van der Waals surface area contributed by atoms with Gasteiger partial charge in [-0.15, -0.1) is 5.10 Å². The third-order valence-corrected chi connectivity index (χ3v) is 3.27. The Bertz CT molecular complexity index is 757. The first-order chi connectivity index (χ1) is 9.66. The molecule has 2 aromatic carbocycles. The molecule has 0 saturated carbocycles. The fourth-order valence-corrected chi connectivity index (χ4v) is 2.16. The predicted molar refractivity (Wildman–Crippen MR) is 78.0 cm³/mol. The van der Waals surface area contributed by atoms with E-state index in [1.807, 2.05) is 62.4 Å². The maximum Gasteiger partial charge on any atom is 0.165 e. The van der Waals surface area contributed by atoms with Gasteiger partial charge in [-0.1, -0.05) is 31.2 Å². The number of Topliss-reactive ketones (excluding diaryl/α,β-unsaturated/α-hetero) is 1. The van der Waals surface area contributed by atoms with Gasteiger partial charge in [0.25, 0.3) is 0 Å². The normalized spacial score (nSPS) is 11.2. The van der Waals surface area contributed by atoms with E-state index in [-0.39, 0.29) is 11.7 Å². The van der Waals surface area contributed by atoms with Crippen LogP contribution in [0.15, 0.2) is 48.5 Å². The van der Waals surface area contributed by atoms with Gasteiger partial charge in [0.2, 0.25) is 0 Å². The van der Waals surface area contributed by atoms with E-state index in [9.17, 15) is 4.79 Å². The summed E-state index contributed by atoms with van der Waals surface area (Å²) in [6, 6.07) is 15.3. The monoisotopic (exact) mass is 265 g/mol. The Morgan fingerprint density at radius 2 is 1.75 bits per heavy atom. The Kier molecular flexibility index (Phi) is 3.06. The fraction of sp³-hybridized carbons (Fsp3) is 0.188. The number of carbonyl (C=O) groups is 1. The molecule has 3 aromatic rings. The highest BCUT2D eigenvalue weighted by Crippen LogP contribution is 2.17. The number of rotatable bonds is 3. The van der Waals surface area contributed by atoms with Crippen LogP contribution in [-0.4, -0.2) is 20.8 Å². The second kappa shape index (κ2) is 4.89. The summed E-state index contributed by atoms with van der Waals surface area (Å²) in [6.45, 7) is 3.81. The molecular weight excluding hydrogens is 250 g/mol. The lowest BCUT2D eigenvalue weighted by molar-refractivity contribution is 0.0939. The number of aromatic nitrogens is 3. The molecule has 20 heavy (non-hydrogen) atoms. The molecule has 0 aliphatic rings. The van der Waals surface area contributed by atoms with Gasteiger partial charge in [-0.2, -0.15) is 0 Å². The van der Waals surface area contributed by atoms with E-state index in [4.69, 9.17) is 0 Å². The van der Waals surface area contributed by atoms with Crippen LogP contribution in [0.1, 0.15) is 24.2 Å². The van der Waals surface area contributed by atoms with Crippen LogP contribution in [0.25, 0.3) is 16.7 Å². The van der Waals surface area contributed by atoms with E-state index in [1.54, 1.807) is 4.68 Å². The lowest BCUT2D eigenvalue weighted by atomic mass is 10.0. The summed E-state index contributed by atoms with van der Waals surface area (Å²) in [7, 11) is 0. The highest BCUT2D eigenvalue weighted by Gasteiger charge is 2.11. The van der Waals surface area contributed by atoms with E-state index in [0.29, 0.717) is 0 Å². The van der Waals surface area contributed by atoms with Crippen LogP contribution < -0.4 is 0 Å². The number of nitrogens with zero attached hydrogens (tertiary/aromatic N) is 3. The molecule has 0 fully saturated rings. The van der Waals surface area contributed by atoms with Crippen molar-refractivity contribution in [1.29, 1.82) is 0 Å². The number of benzene rings is 2. The minimum atomic E-state index is 0.00745. The van der Waals surface area contributed by atoms with Crippen LogP contribution >= 0.6 is 0 Å². The molecule has 0 unspecified atom stereocenters. The van der Waals surface area contributed by atoms with Crippen LogP contribution in [0, 0.1) is 5.92 Å². The summed E-state index contributed by atoms with van der Waals surface area (Å²) < 4.78 is 1.78. The number of fused-ring (bicyclic) bond motifs is 1. The molecule has 0 radical (unpaired) electrons. The van der Waals surface area contributed by atoms with Crippen molar-refractivity contribution in [2.75, 3.05) is 0 Å². The van der Waals surface area contributed by atoms with Crippen molar-refractivity contribution >= 4 is 16.8 Å². The molecule has 0 N–H and O–H groups in total. The van der Waals surface area contributed by atoms with E-state index in [2.05, 4.69) is 10.3 Å². The van der Waals surface area contributed by atoms with Crippen LogP contribution in [-0.2, 0) is 0 Å². The third kappa shape index (κ3) is 2.09. The predicted octanol–water partition coefficient (Wildman–Crippen LogP) is 3.26. The van der Waals surface area contributed by atoms with Crippen LogP contribution in [0.2, 0.25) is 0 Å². The van der Waals surface area contributed by atoms with Crippen molar-refractivity contribution in [2.45, 2.75) is 13.8 Å². The van der Waals surface area contributed by atoms with Crippen LogP contribution in [0.4, 0.5) is 0 Å². The minimum absolute atomic E-state index is 0.00745. The van der Waals surface area contributed by atoms with Gasteiger partial charge in [0.1, 0.15) is 5.52 Å². The first-order valence-electron chi connectivity index (χ1n) is 6.62. The Morgan fingerprint density at radius 1 is 1.05 bits per heavy atom. The van der Waals surface area contributed by atoms with E-state index in [1.165, 1.54) is 0 Å². The summed E-state index contributed by atoms with van der Waals surface area (Å²) in [5, 5.41) is 8.28. The first-order valence-corrected chi connectivity index (χ1v) is 6.62. The van der Waals surface area contributed by atoms with E-state index in [0.717, 1.165) is 22.3 Å². The topological polar surface area (TPSA) is 47.8 Å². The SMILES string of the molecule is CC(C)C(=O)c1ccc(-n2nnc3ccccc32)cc1. The molecule has 100 valence electrons. The second-order valence-corrected chi connectivity index (χ2v) is 5.06. The van der Waals surface area contributed by atoms with Crippen molar-refractivity contribution in [3.63, 3.8) is 0 Å². The highest BCUT2D eigenvalue weighted by molar-refractivity contribution is 5.97. The molecule has 0 saturated heterocycles. The van der Waals surface area contributed by atoms with Crippen LogP contribution in [0.5, 0.6) is 0 Å². The Labute approximate surface area is 117 Å². The van der Waals surface area contributed by atoms with E-state index < -0.39 is 0 Å². The summed E-state index contributed by atoms with van der Waals surface area (Å²) in [5.74, 6) is 0.160. The molecule has 3 rings (SSSR count). The molecule has 0 aliphatic carbocycles. The number of hydrogen-bond donors (Lipinski definition) is 0. The minimum Gasteiger partial charge on any atom is -0.294 e. The number of ketones is 1. The van der Waals surface area contributed by atoms with Gasteiger partial charge in [0.15, 0.2) is 5.78 Å². The maximum absolute atomic E-state index is 11.9. The second-order valence-electron chi connectivity index (χ2n) is 5.06. The Hall–Kier alpha value is -2.49. The Morgan fingerprint density at radius 3 is 2.45 bits per heavy atom. The van der Waals surface area contributed by atoms with Gasteiger partial charge in [-0.3, -0.25) is 4.79 Å². The average molecular weight is 265 g/mol. The van der Waals surface area contributed by atoms with Gasteiger partial charge >= 0.3 is 0 Å². The molecule has 0 amide bonds. The van der Waals surface area contributed by atoms with Gasteiger partial charge in [0, 0.05) is 11.5 Å². The third-order valence-electron chi connectivity index (χ3n) is 3.27. The maximum atomic E-state index is 11.9. The van der Waals surface area contributed by atoms with Crippen molar-refractivity contribution in [2.24, 2.45) is 5.92 Å². The summed E-state index contributed by atoms with van der Waals surface area (Å²) >= 11 is 0. The standard InChI is InChI=1S/C16H15N3O/c1-11(2)16(20)12-7-9-13(10-8-12)19-15-6-4-3-5-14(15)17-18-19/h3-11H,1-2H3. The number of hydrogen-bond acceptors (Lipinski definition) is 3. The first kappa shape index (κ1) is 12.5. The molecule has 1 aromatic heterocycles. The van der Waals surface area contributed by atoms with Crippen molar-refractivity contribution in [1.82, 2.24) is 15.0 Å². The molecule has 4 heteroatoms. The van der Waals surface area contributed by atoms with Gasteiger partial charge in [-0.05, 0) is 36.4 Å². The zero-order valence-corrected chi connectivity index (χ0v) is 11.4. The van der Waals surface area contributed by atoms with Gasteiger partial charge in [0.05, 0.1) is 11.2 Å². The zero-order valence-electron chi connectivity index (χ0n) is 11.4. The molecule has 4 nitrogen and oxygen atoms in total. The van der Waals surface area contributed by atoms with Gasteiger partial charge < -0.3 is 0 Å². The molecular formula is C16H15N3O. The van der Waals surface area contributed by atoms with E-state index >= 15 is 0 Å². The number of carbonyl (C=O) groups excluding carboxylic acids is 1. The fourth-order valence-electron chi connectivity index (χ4n) is 2.16. The van der Waals surface area contributed by atoms with Gasteiger partial charge in [-0.25, -0.2) is 4.68 Å². The summed E-state index contributed by atoms with van der Waals surface area (Å²) in [4.78, 5) is 11.9. The smallest absolute Gasteiger partial charge is 0.165 e. The van der Waals surface area contributed by atoms with Crippen molar-refractivity contribution in [3.05, 3.63) is 54.1 Å². The average Bonchev–Trinajstić information content (AvgIpc) is 2.90. The van der Waals surface area contributed by atoms with Crippen molar-refractivity contribution < 1.29 is 4.79 Å². The quantitative estimate of drug-likeness (QED) is 0.683. The highest BCUT2D eigenvalue weighted by atomic mass is 16.1. The molecule has 0 bridgehead atoms. The summed E-state index contributed by atoms with van der Waals surface area (Å²) in [6.07, 6.45) is 0. The lowest BCUT2D eigenvalue weighted by Crippen LogP contribution is -2.07.